The molecule has 0 radical (unpaired) electrons. The number of carbonyl (C=O) groups excluding carboxylic acids is 1. The van der Waals surface area contributed by atoms with E-state index in [0.29, 0.717) is 12.2 Å². The van der Waals surface area contributed by atoms with Crippen LogP contribution in [0.4, 0.5) is 5.69 Å². The Hall–Kier alpha value is -2.69. The molecule has 0 fully saturated rings. The molecule has 2 aromatic carbocycles. The van der Waals surface area contributed by atoms with E-state index in [2.05, 4.69) is 5.32 Å². The van der Waals surface area contributed by atoms with Gasteiger partial charge in [-0.15, -0.1) is 0 Å². The monoisotopic (exact) mass is 300 g/mol. The van der Waals surface area contributed by atoms with Gasteiger partial charge in [0, 0.05) is 17.8 Å². The minimum Gasteiger partial charge on any atom is -0.497 e. The van der Waals surface area contributed by atoms with Crippen LogP contribution >= 0.6 is 0 Å². The topological polar surface area (TPSA) is 73.6 Å². The van der Waals surface area contributed by atoms with E-state index >= 15 is 0 Å². The summed E-state index contributed by atoms with van der Waals surface area (Å²) in [5, 5.41) is 3.26. The number of hydrogen-bond donors (Lipinski definition) is 2. The fraction of sp³-hybridized carbons (Fsp3) is 0.235. The number of anilines is 1. The maximum absolute atomic E-state index is 11.0. The molecule has 0 atom stereocenters. The average molecular weight is 300 g/mol. The molecule has 0 heterocycles. The van der Waals surface area contributed by atoms with E-state index in [1.54, 1.807) is 19.2 Å². The van der Waals surface area contributed by atoms with Crippen molar-refractivity contribution in [3.8, 4) is 11.5 Å². The second-order valence-electron chi connectivity index (χ2n) is 4.75. The molecule has 0 aliphatic carbocycles. The summed E-state index contributed by atoms with van der Waals surface area (Å²) in [6.45, 7) is 1.41. The van der Waals surface area contributed by atoms with Crippen LogP contribution in [0.25, 0.3) is 0 Å². The van der Waals surface area contributed by atoms with E-state index in [9.17, 15) is 4.79 Å². The number of methoxy groups -OCH3 is 1. The van der Waals surface area contributed by atoms with Crippen LogP contribution in [0.15, 0.2) is 48.5 Å². The van der Waals surface area contributed by atoms with Gasteiger partial charge in [0.25, 0.3) is 0 Å². The highest BCUT2D eigenvalue weighted by Gasteiger charge is 1.99. The maximum atomic E-state index is 11.0. The Morgan fingerprint density at radius 2 is 1.68 bits per heavy atom. The molecule has 1 amide bonds. The SMILES string of the molecule is COc1ccc(OCCCNc2ccc(C(N)=O)cc2)cc1. The summed E-state index contributed by atoms with van der Waals surface area (Å²) in [6, 6.07) is 14.6. The van der Waals surface area contributed by atoms with Crippen LogP contribution in [0, 0.1) is 0 Å². The molecule has 0 aromatic heterocycles. The van der Waals surface area contributed by atoms with E-state index in [-0.39, 0.29) is 0 Å². The Labute approximate surface area is 130 Å². The van der Waals surface area contributed by atoms with Gasteiger partial charge in [0.1, 0.15) is 11.5 Å². The number of carbonyl (C=O) groups is 1. The number of ether oxygens (including phenoxy) is 2. The molecule has 0 aliphatic rings. The molecule has 0 saturated carbocycles. The lowest BCUT2D eigenvalue weighted by molar-refractivity contribution is 0.100. The van der Waals surface area contributed by atoms with Crippen LogP contribution in [0.1, 0.15) is 16.8 Å². The minimum atomic E-state index is -0.417. The second-order valence-corrected chi connectivity index (χ2v) is 4.75. The van der Waals surface area contributed by atoms with Gasteiger partial charge in [0.2, 0.25) is 5.91 Å². The number of benzene rings is 2. The molecule has 2 rings (SSSR count). The summed E-state index contributed by atoms with van der Waals surface area (Å²) < 4.78 is 10.7. The van der Waals surface area contributed by atoms with E-state index in [0.717, 1.165) is 30.2 Å². The highest BCUT2D eigenvalue weighted by Crippen LogP contribution is 2.17. The van der Waals surface area contributed by atoms with Gasteiger partial charge in [-0.3, -0.25) is 4.79 Å². The number of rotatable bonds is 8. The summed E-state index contributed by atoms with van der Waals surface area (Å²) in [4.78, 5) is 11.0. The molecule has 5 heteroatoms. The van der Waals surface area contributed by atoms with Gasteiger partial charge in [-0.2, -0.15) is 0 Å². The lowest BCUT2D eigenvalue weighted by Gasteiger charge is -2.09. The molecular formula is C17H20N2O3. The van der Waals surface area contributed by atoms with Crippen molar-refractivity contribution < 1.29 is 14.3 Å². The molecule has 0 aliphatic heterocycles. The van der Waals surface area contributed by atoms with Crippen LogP contribution < -0.4 is 20.5 Å². The second kappa shape index (κ2) is 7.93. The van der Waals surface area contributed by atoms with Crippen LogP contribution in [-0.4, -0.2) is 26.2 Å². The number of hydrogen-bond acceptors (Lipinski definition) is 4. The molecule has 0 bridgehead atoms. The molecule has 116 valence electrons. The smallest absolute Gasteiger partial charge is 0.248 e. The first-order valence-electron chi connectivity index (χ1n) is 7.09. The third kappa shape index (κ3) is 4.70. The van der Waals surface area contributed by atoms with Crippen LogP contribution in [-0.2, 0) is 0 Å². The van der Waals surface area contributed by atoms with Gasteiger partial charge in [-0.05, 0) is 55.0 Å². The molecule has 2 aromatic rings. The molecule has 3 N–H and O–H groups in total. The van der Waals surface area contributed by atoms with Crippen molar-refractivity contribution in [1.82, 2.24) is 0 Å². The zero-order valence-electron chi connectivity index (χ0n) is 12.5. The van der Waals surface area contributed by atoms with Crippen LogP contribution in [0.3, 0.4) is 0 Å². The maximum Gasteiger partial charge on any atom is 0.248 e. The van der Waals surface area contributed by atoms with E-state index in [1.807, 2.05) is 36.4 Å². The van der Waals surface area contributed by atoms with Gasteiger partial charge in [-0.25, -0.2) is 0 Å². The first-order valence-corrected chi connectivity index (χ1v) is 7.09. The van der Waals surface area contributed by atoms with Gasteiger partial charge in [0.15, 0.2) is 0 Å². The highest BCUT2D eigenvalue weighted by atomic mass is 16.5. The van der Waals surface area contributed by atoms with E-state index < -0.39 is 5.91 Å². The minimum absolute atomic E-state index is 0.417. The Bertz CT molecular complexity index is 594. The predicted molar refractivity (Wildman–Crippen MR) is 86.6 cm³/mol. The van der Waals surface area contributed by atoms with Crippen LogP contribution in [0.2, 0.25) is 0 Å². The molecule has 22 heavy (non-hydrogen) atoms. The zero-order chi connectivity index (χ0) is 15.8. The first-order chi connectivity index (χ1) is 10.7. The zero-order valence-corrected chi connectivity index (χ0v) is 12.5. The number of primary amides is 1. The summed E-state index contributed by atoms with van der Waals surface area (Å²) in [5.41, 5.74) is 6.65. The van der Waals surface area contributed by atoms with Gasteiger partial charge in [-0.1, -0.05) is 0 Å². The van der Waals surface area contributed by atoms with E-state index in [1.165, 1.54) is 0 Å². The molecule has 0 unspecified atom stereocenters. The Morgan fingerprint density at radius 3 is 2.27 bits per heavy atom. The summed E-state index contributed by atoms with van der Waals surface area (Å²) >= 11 is 0. The fourth-order valence-electron chi connectivity index (χ4n) is 1.92. The number of nitrogens with one attached hydrogen (secondary N) is 1. The standard InChI is InChI=1S/C17H20N2O3/c1-21-15-7-9-16(10-8-15)22-12-2-11-19-14-5-3-13(4-6-14)17(18)20/h3-10,19H,2,11-12H2,1H3,(H2,18,20). The molecule has 5 nitrogen and oxygen atoms in total. The summed E-state index contributed by atoms with van der Waals surface area (Å²) in [7, 11) is 1.64. The van der Waals surface area contributed by atoms with Crippen molar-refractivity contribution in [3.63, 3.8) is 0 Å². The Balaban J connectivity index is 1.67. The van der Waals surface area contributed by atoms with Crippen molar-refractivity contribution in [1.29, 1.82) is 0 Å². The quantitative estimate of drug-likeness (QED) is 0.735. The molecular weight excluding hydrogens is 280 g/mol. The van der Waals surface area contributed by atoms with Crippen molar-refractivity contribution in [2.24, 2.45) is 5.73 Å². The third-order valence-corrected chi connectivity index (χ3v) is 3.15. The summed E-state index contributed by atoms with van der Waals surface area (Å²) in [5.74, 6) is 1.22. The molecule has 0 spiro atoms. The van der Waals surface area contributed by atoms with Crippen molar-refractivity contribution in [2.75, 3.05) is 25.6 Å². The van der Waals surface area contributed by atoms with Crippen molar-refractivity contribution >= 4 is 11.6 Å². The largest absolute Gasteiger partial charge is 0.497 e. The third-order valence-electron chi connectivity index (χ3n) is 3.15. The van der Waals surface area contributed by atoms with Gasteiger partial charge in [0.05, 0.1) is 13.7 Å². The van der Waals surface area contributed by atoms with Crippen molar-refractivity contribution in [2.45, 2.75) is 6.42 Å². The normalized spacial score (nSPS) is 10.0. The predicted octanol–water partition coefficient (Wildman–Crippen LogP) is 2.68. The van der Waals surface area contributed by atoms with Crippen LogP contribution in [0.5, 0.6) is 11.5 Å². The Morgan fingerprint density at radius 1 is 1.05 bits per heavy atom. The Kier molecular flexibility index (Phi) is 5.65. The highest BCUT2D eigenvalue weighted by molar-refractivity contribution is 5.93. The van der Waals surface area contributed by atoms with E-state index in [4.69, 9.17) is 15.2 Å². The van der Waals surface area contributed by atoms with Gasteiger partial charge >= 0.3 is 0 Å². The average Bonchev–Trinajstić information content (AvgIpc) is 2.55. The lowest BCUT2D eigenvalue weighted by atomic mass is 10.2. The van der Waals surface area contributed by atoms with Gasteiger partial charge < -0.3 is 20.5 Å². The first kappa shape index (κ1) is 15.7. The van der Waals surface area contributed by atoms with Crippen molar-refractivity contribution in [3.05, 3.63) is 54.1 Å². The molecule has 0 saturated heterocycles. The summed E-state index contributed by atoms with van der Waals surface area (Å²) in [6.07, 6.45) is 0.865. The number of nitrogens with two attached hydrogens (primary N) is 1. The fourth-order valence-corrected chi connectivity index (χ4v) is 1.92. The lowest BCUT2D eigenvalue weighted by Crippen LogP contribution is -2.11. The number of amides is 1.